The Morgan fingerprint density at radius 1 is 1.25 bits per heavy atom. The molecule has 6 heteroatoms. The van der Waals surface area contributed by atoms with E-state index in [0.29, 0.717) is 18.0 Å². The molecule has 0 saturated heterocycles. The highest BCUT2D eigenvalue weighted by Crippen LogP contribution is 2.18. The topological polar surface area (TPSA) is 70.7 Å². The summed E-state index contributed by atoms with van der Waals surface area (Å²) in [6, 6.07) is 9.91. The van der Waals surface area contributed by atoms with E-state index in [2.05, 4.69) is 33.3 Å². The van der Waals surface area contributed by atoms with Crippen LogP contribution in [0.3, 0.4) is 0 Å². The predicted octanol–water partition coefficient (Wildman–Crippen LogP) is 3.58. The smallest absolute Gasteiger partial charge is 0.348 e. The molecule has 3 rings (SSSR count). The summed E-state index contributed by atoms with van der Waals surface area (Å²) in [7, 11) is 0. The predicted molar refractivity (Wildman–Crippen MR) is 97.8 cm³/mol. The van der Waals surface area contributed by atoms with Crippen molar-refractivity contribution in [2.45, 2.75) is 26.2 Å². The van der Waals surface area contributed by atoms with Gasteiger partial charge in [-0.25, -0.2) is 9.78 Å². The molecular weight excluding hydrogens is 324 g/mol. The average Bonchev–Trinajstić information content (AvgIpc) is 2.58. The molecule has 0 radical (unpaired) electrons. The van der Waals surface area contributed by atoms with Gasteiger partial charge in [0.05, 0.1) is 5.39 Å². The van der Waals surface area contributed by atoms with Crippen molar-refractivity contribution in [2.24, 2.45) is 0 Å². The minimum Gasteiger partial charge on any atom is -0.369 e. The van der Waals surface area contributed by atoms with Gasteiger partial charge in [-0.2, -0.15) is 4.98 Å². The molecule has 0 spiro atoms. The van der Waals surface area contributed by atoms with Crippen LogP contribution in [0.4, 0.5) is 5.82 Å². The highest BCUT2D eigenvalue weighted by molar-refractivity contribution is 6.30. The Morgan fingerprint density at radius 3 is 2.92 bits per heavy atom. The maximum absolute atomic E-state index is 11.6. The van der Waals surface area contributed by atoms with Gasteiger partial charge in [0.15, 0.2) is 0 Å². The number of pyridine rings is 1. The highest BCUT2D eigenvalue weighted by atomic mass is 35.5. The van der Waals surface area contributed by atoms with E-state index in [0.717, 1.165) is 29.7 Å². The molecule has 0 fully saturated rings. The number of H-pyrrole nitrogens is 1. The third-order valence-electron chi connectivity index (χ3n) is 3.86. The number of halogens is 1. The first-order valence-electron chi connectivity index (χ1n) is 8.03. The van der Waals surface area contributed by atoms with Crippen molar-refractivity contribution in [1.82, 2.24) is 15.0 Å². The van der Waals surface area contributed by atoms with Gasteiger partial charge >= 0.3 is 5.69 Å². The number of hydrogen-bond donors (Lipinski definition) is 2. The Labute approximate surface area is 145 Å². The normalized spacial score (nSPS) is 10.9. The Kier molecular flexibility index (Phi) is 5.11. The van der Waals surface area contributed by atoms with Gasteiger partial charge in [0.1, 0.15) is 11.5 Å². The van der Waals surface area contributed by atoms with Crippen molar-refractivity contribution in [1.29, 1.82) is 0 Å². The number of nitrogens with one attached hydrogen (secondary N) is 2. The second-order valence-corrected chi connectivity index (χ2v) is 6.08. The summed E-state index contributed by atoms with van der Waals surface area (Å²) in [5, 5.41) is 4.83. The lowest BCUT2D eigenvalue weighted by molar-refractivity contribution is 0.856. The van der Waals surface area contributed by atoms with Crippen molar-refractivity contribution in [3.8, 4) is 0 Å². The van der Waals surface area contributed by atoms with E-state index in [9.17, 15) is 4.79 Å². The summed E-state index contributed by atoms with van der Waals surface area (Å²) < 4.78 is 0. The number of anilines is 1. The molecule has 3 aromatic rings. The molecule has 0 atom stereocenters. The van der Waals surface area contributed by atoms with Crippen LogP contribution in [0, 0.1) is 0 Å². The fourth-order valence-electron chi connectivity index (χ4n) is 2.69. The van der Waals surface area contributed by atoms with Crippen LogP contribution in [0.25, 0.3) is 11.0 Å². The molecule has 0 amide bonds. The summed E-state index contributed by atoms with van der Waals surface area (Å²) in [5.74, 6) is 0.571. The SMILES string of the molecule is CCc1cc(Cl)cc(CCCNc2nc(=O)[nH]c3ncccc23)c1. The van der Waals surface area contributed by atoms with Crippen LogP contribution < -0.4 is 11.0 Å². The third kappa shape index (κ3) is 3.92. The lowest BCUT2D eigenvalue weighted by atomic mass is 10.0. The molecular formula is C18H19ClN4O. The van der Waals surface area contributed by atoms with Crippen molar-refractivity contribution in [3.05, 3.63) is 63.2 Å². The van der Waals surface area contributed by atoms with Gasteiger partial charge in [-0.3, -0.25) is 4.98 Å². The zero-order valence-corrected chi connectivity index (χ0v) is 14.2. The standard InChI is InChI=1S/C18H19ClN4O/c1-2-12-9-13(11-14(19)10-12)5-3-7-20-16-15-6-4-8-21-17(15)23-18(24)22-16/h4,6,8-11H,2-3,5,7H2,1H3,(H2,20,21,22,23,24). The van der Waals surface area contributed by atoms with Gasteiger partial charge in [0.25, 0.3) is 0 Å². The van der Waals surface area contributed by atoms with Gasteiger partial charge in [0, 0.05) is 17.8 Å². The average molecular weight is 343 g/mol. The van der Waals surface area contributed by atoms with Crippen LogP contribution in [0.2, 0.25) is 5.02 Å². The second kappa shape index (κ2) is 7.45. The molecule has 0 aliphatic rings. The van der Waals surface area contributed by atoms with Gasteiger partial charge in [-0.1, -0.05) is 24.6 Å². The number of rotatable bonds is 6. The molecule has 0 aliphatic carbocycles. The number of fused-ring (bicyclic) bond motifs is 1. The third-order valence-corrected chi connectivity index (χ3v) is 4.08. The highest BCUT2D eigenvalue weighted by Gasteiger charge is 2.05. The quantitative estimate of drug-likeness (QED) is 0.672. The maximum atomic E-state index is 11.6. The molecule has 0 saturated carbocycles. The molecule has 5 nitrogen and oxygen atoms in total. The van der Waals surface area contributed by atoms with Crippen LogP contribution in [0.1, 0.15) is 24.5 Å². The van der Waals surface area contributed by atoms with E-state index in [4.69, 9.17) is 11.6 Å². The molecule has 0 bridgehead atoms. The van der Waals surface area contributed by atoms with Gasteiger partial charge < -0.3 is 5.32 Å². The van der Waals surface area contributed by atoms with Crippen molar-refractivity contribution < 1.29 is 0 Å². The van der Waals surface area contributed by atoms with Crippen LogP contribution in [0.15, 0.2) is 41.3 Å². The molecule has 2 heterocycles. The largest absolute Gasteiger partial charge is 0.369 e. The monoisotopic (exact) mass is 342 g/mol. The number of aromatic nitrogens is 3. The number of hydrogen-bond acceptors (Lipinski definition) is 4. The van der Waals surface area contributed by atoms with Gasteiger partial charge in [-0.15, -0.1) is 0 Å². The lowest BCUT2D eigenvalue weighted by Crippen LogP contribution is -2.15. The number of aryl methyl sites for hydroxylation is 2. The fourth-order valence-corrected chi connectivity index (χ4v) is 2.97. The minimum absolute atomic E-state index is 0.397. The summed E-state index contributed by atoms with van der Waals surface area (Å²) in [6.45, 7) is 2.84. The van der Waals surface area contributed by atoms with Crippen LogP contribution in [-0.4, -0.2) is 21.5 Å². The van der Waals surface area contributed by atoms with E-state index in [1.54, 1.807) is 6.20 Å². The number of benzene rings is 1. The zero-order chi connectivity index (χ0) is 16.9. The number of aromatic amines is 1. The summed E-state index contributed by atoms with van der Waals surface area (Å²) in [6.07, 6.45) is 4.45. The van der Waals surface area contributed by atoms with Crippen molar-refractivity contribution in [2.75, 3.05) is 11.9 Å². The Balaban J connectivity index is 1.65. The molecule has 0 unspecified atom stereocenters. The fraction of sp³-hybridized carbons (Fsp3) is 0.278. The second-order valence-electron chi connectivity index (χ2n) is 5.64. The van der Waals surface area contributed by atoms with Crippen molar-refractivity contribution in [3.63, 3.8) is 0 Å². The minimum atomic E-state index is -0.397. The zero-order valence-electron chi connectivity index (χ0n) is 13.5. The lowest BCUT2D eigenvalue weighted by Gasteiger charge is -2.09. The molecule has 0 aliphatic heterocycles. The van der Waals surface area contributed by atoms with Crippen LogP contribution in [0.5, 0.6) is 0 Å². The molecule has 124 valence electrons. The molecule has 2 aromatic heterocycles. The van der Waals surface area contributed by atoms with Crippen LogP contribution >= 0.6 is 11.6 Å². The first-order chi connectivity index (χ1) is 11.7. The van der Waals surface area contributed by atoms with Gasteiger partial charge in [-0.05, 0) is 54.7 Å². The van der Waals surface area contributed by atoms with E-state index in [1.165, 1.54) is 11.1 Å². The number of nitrogens with zero attached hydrogens (tertiary/aromatic N) is 2. The van der Waals surface area contributed by atoms with E-state index >= 15 is 0 Å². The maximum Gasteiger partial charge on any atom is 0.348 e. The summed E-state index contributed by atoms with van der Waals surface area (Å²) >= 11 is 6.15. The summed E-state index contributed by atoms with van der Waals surface area (Å²) in [5.41, 5.74) is 2.62. The molecule has 2 N–H and O–H groups in total. The molecule has 1 aromatic carbocycles. The Bertz CT molecular complexity index is 907. The first-order valence-corrected chi connectivity index (χ1v) is 8.41. The molecule has 24 heavy (non-hydrogen) atoms. The Hall–Kier alpha value is -2.40. The van der Waals surface area contributed by atoms with E-state index in [1.807, 2.05) is 24.3 Å². The first kappa shape index (κ1) is 16.5. The Morgan fingerprint density at radius 2 is 2.08 bits per heavy atom. The van der Waals surface area contributed by atoms with E-state index in [-0.39, 0.29) is 0 Å². The van der Waals surface area contributed by atoms with Crippen molar-refractivity contribution >= 4 is 28.5 Å². The van der Waals surface area contributed by atoms with E-state index < -0.39 is 5.69 Å². The van der Waals surface area contributed by atoms with Gasteiger partial charge in [0.2, 0.25) is 0 Å². The summed E-state index contributed by atoms with van der Waals surface area (Å²) in [4.78, 5) is 22.4. The van der Waals surface area contributed by atoms with Crippen LogP contribution in [-0.2, 0) is 12.8 Å².